The van der Waals surface area contributed by atoms with Gasteiger partial charge in [0.1, 0.15) is 35.3 Å². The number of hydrogen-bond donors (Lipinski definition) is 4. The molecule has 2 aromatic heterocycles. The number of para-hydroxylation sites is 2. The lowest BCUT2D eigenvalue weighted by molar-refractivity contribution is 0.0508. The summed E-state index contributed by atoms with van der Waals surface area (Å²) in [5.74, 6) is 2.84. The Morgan fingerprint density at radius 1 is 0.631 bits per heavy atom. The molecule has 2 fully saturated rings. The number of nitrogens with one attached hydrogen (secondary N) is 2. The first-order chi connectivity index (χ1) is 31.3. The maximum Gasteiger partial charge on any atom is 0.407 e. The third kappa shape index (κ3) is 10.8. The highest BCUT2D eigenvalue weighted by atomic mass is 16.6. The molecule has 4 N–H and O–H groups in total. The summed E-state index contributed by atoms with van der Waals surface area (Å²) in [5.41, 5.74) is 5.45. The fourth-order valence-electron chi connectivity index (χ4n) is 8.04. The second-order valence-electron chi connectivity index (χ2n) is 17.5. The summed E-state index contributed by atoms with van der Waals surface area (Å²) >= 11 is 0. The largest absolute Gasteiger partial charge is 0.507 e. The van der Waals surface area contributed by atoms with E-state index in [0.717, 1.165) is 76.1 Å². The topological polar surface area (TPSA) is 175 Å². The molecule has 2 aliphatic heterocycles. The van der Waals surface area contributed by atoms with Crippen LogP contribution in [0.15, 0.2) is 115 Å². The normalized spacial score (nSPS) is 16.0. The minimum Gasteiger partial charge on any atom is -0.507 e. The summed E-state index contributed by atoms with van der Waals surface area (Å²) in [4.78, 5) is 48.0. The molecule has 2 atom stereocenters. The van der Waals surface area contributed by atoms with Crippen molar-refractivity contribution in [3.8, 4) is 34.3 Å². The van der Waals surface area contributed by atoms with Gasteiger partial charge in [-0.25, -0.2) is 29.5 Å². The van der Waals surface area contributed by atoms with Gasteiger partial charge in [0.15, 0.2) is 11.6 Å². The maximum atomic E-state index is 12.3. The molecule has 65 heavy (non-hydrogen) atoms. The quantitative estimate of drug-likeness (QED) is 0.114. The first-order valence-electron chi connectivity index (χ1n) is 21.9. The van der Waals surface area contributed by atoms with Crippen molar-refractivity contribution in [2.75, 3.05) is 36.0 Å². The van der Waals surface area contributed by atoms with E-state index in [9.17, 15) is 19.8 Å². The van der Waals surface area contributed by atoms with Gasteiger partial charge < -0.3 is 40.1 Å². The Kier molecular flexibility index (Phi) is 13.0. The van der Waals surface area contributed by atoms with Crippen LogP contribution in [-0.4, -0.2) is 86.2 Å². The lowest BCUT2D eigenvalue weighted by Crippen LogP contribution is -2.40. The number of carbonyl (C=O) groups is 2. The molecule has 2 amide bonds. The Bertz CT molecular complexity index is 2830. The number of rotatable bonds is 8. The van der Waals surface area contributed by atoms with Crippen LogP contribution in [0.1, 0.15) is 50.3 Å². The number of hydrogen-bond acceptors (Lipinski definition) is 12. The van der Waals surface area contributed by atoms with Gasteiger partial charge in [0.2, 0.25) is 0 Å². The van der Waals surface area contributed by atoms with Gasteiger partial charge in [-0.3, -0.25) is 0 Å². The Balaban J connectivity index is 0.000000178. The number of phenols is 2. The van der Waals surface area contributed by atoms with Crippen molar-refractivity contribution < 1.29 is 29.3 Å². The predicted molar refractivity (Wildman–Crippen MR) is 253 cm³/mol. The first-order valence-corrected chi connectivity index (χ1v) is 21.9. The summed E-state index contributed by atoms with van der Waals surface area (Å²) in [7, 11) is 0. The molecular weight excluding hydrogens is 821 g/mol. The highest BCUT2D eigenvalue weighted by molar-refractivity contribution is 5.93. The lowest BCUT2D eigenvalue weighted by Gasteiger charge is -2.23. The summed E-state index contributed by atoms with van der Waals surface area (Å²) < 4.78 is 10.8. The van der Waals surface area contributed by atoms with E-state index in [2.05, 4.69) is 20.4 Å². The number of phenolic OH excluding ortho intramolecular Hbond substituents is 2. The van der Waals surface area contributed by atoms with Crippen LogP contribution in [0.25, 0.3) is 44.6 Å². The number of benzene rings is 5. The number of aromatic hydroxyl groups is 2. The molecule has 14 nitrogen and oxygen atoms in total. The van der Waals surface area contributed by atoms with E-state index < -0.39 is 17.8 Å². The van der Waals surface area contributed by atoms with Gasteiger partial charge in [-0.1, -0.05) is 66.7 Å². The molecule has 0 radical (unpaired) electrons. The molecule has 5 aromatic carbocycles. The molecule has 7 aromatic rings. The van der Waals surface area contributed by atoms with Gasteiger partial charge in [0.05, 0.1) is 34.2 Å². The monoisotopic (exact) mass is 874 g/mol. The molecule has 0 spiro atoms. The molecule has 0 bridgehead atoms. The molecule has 0 saturated carbocycles. The molecule has 0 aliphatic carbocycles. The number of aryl methyl sites for hydroxylation is 2. The van der Waals surface area contributed by atoms with E-state index in [4.69, 9.17) is 29.4 Å². The van der Waals surface area contributed by atoms with Crippen LogP contribution in [0, 0.1) is 13.8 Å². The van der Waals surface area contributed by atoms with E-state index in [1.807, 2.05) is 126 Å². The highest BCUT2D eigenvalue weighted by Crippen LogP contribution is 2.35. The van der Waals surface area contributed by atoms with Crippen molar-refractivity contribution in [3.05, 3.63) is 132 Å². The summed E-state index contributed by atoms with van der Waals surface area (Å²) in [6.07, 6.45) is 0.748. The predicted octanol–water partition coefficient (Wildman–Crippen LogP) is 9.23. The molecule has 334 valence electrons. The summed E-state index contributed by atoms with van der Waals surface area (Å²) in [5, 5.41) is 28.5. The van der Waals surface area contributed by atoms with Crippen molar-refractivity contribution in [1.29, 1.82) is 0 Å². The molecule has 4 heterocycles. The molecule has 2 saturated heterocycles. The van der Waals surface area contributed by atoms with Crippen LogP contribution in [0.5, 0.6) is 11.5 Å². The van der Waals surface area contributed by atoms with Crippen LogP contribution in [0.2, 0.25) is 0 Å². The highest BCUT2D eigenvalue weighted by Gasteiger charge is 2.30. The number of amides is 2. The van der Waals surface area contributed by atoms with E-state index in [1.54, 1.807) is 24.3 Å². The van der Waals surface area contributed by atoms with Crippen molar-refractivity contribution in [2.24, 2.45) is 0 Å². The Hall–Kier alpha value is -7.48. The zero-order valence-electron chi connectivity index (χ0n) is 37.3. The Morgan fingerprint density at radius 2 is 1.09 bits per heavy atom. The number of anilines is 2. The SMILES string of the molecule is Cc1ccc2c(N3CC[C@@H](NC(=O)OC(C)(C)C)C3)nc(-c3ccccc3O)nc2c1.Cc1ccc2c(N3CC[C@@H](NC(=O)OCc4ccccc4)C3)nc(-c3ccccc3O)nc2c1. The van der Waals surface area contributed by atoms with Crippen molar-refractivity contribution in [3.63, 3.8) is 0 Å². The fraction of sp³-hybridized carbons (Fsp3) is 0.294. The van der Waals surface area contributed by atoms with Gasteiger partial charge in [-0.15, -0.1) is 0 Å². The molecule has 9 rings (SSSR count). The first kappa shape index (κ1) is 44.1. The van der Waals surface area contributed by atoms with Crippen LogP contribution in [0.4, 0.5) is 21.2 Å². The second kappa shape index (κ2) is 19.1. The van der Waals surface area contributed by atoms with Crippen LogP contribution < -0.4 is 20.4 Å². The van der Waals surface area contributed by atoms with Gasteiger partial charge in [-0.2, -0.15) is 0 Å². The molecular formula is C51H54N8O6. The van der Waals surface area contributed by atoms with E-state index in [0.29, 0.717) is 35.9 Å². The van der Waals surface area contributed by atoms with Gasteiger partial charge in [0.25, 0.3) is 0 Å². The number of ether oxygens (including phenoxy) is 2. The standard InChI is InChI=1S/C27H26N4O3.C24H28N4O3/c1-18-11-12-21-23(15-18)29-25(22-9-5-6-10-24(22)32)30-26(21)31-14-13-20(16-31)28-27(33)34-17-19-7-3-2-4-8-19;1-15-9-10-17-19(13-15)26-21(18-7-5-6-8-20(18)29)27-22(17)28-12-11-16(14-28)25-23(30)31-24(2,3)4/h2-12,15,20,32H,13-14,16-17H2,1H3,(H,28,33);5-10,13,16,29H,11-12,14H2,1-4H3,(H,25,30)/t20-;16-/m11/s1. The smallest absolute Gasteiger partial charge is 0.407 e. The average molecular weight is 875 g/mol. The Morgan fingerprint density at radius 3 is 1.57 bits per heavy atom. The summed E-state index contributed by atoms with van der Waals surface area (Å²) in [6, 6.07) is 35.9. The fourth-order valence-corrected chi connectivity index (χ4v) is 8.04. The zero-order chi connectivity index (χ0) is 45.7. The summed E-state index contributed by atoms with van der Waals surface area (Å²) in [6.45, 7) is 12.6. The second-order valence-corrected chi connectivity index (χ2v) is 17.5. The lowest BCUT2D eigenvalue weighted by atomic mass is 10.1. The third-order valence-corrected chi connectivity index (χ3v) is 11.2. The number of alkyl carbamates (subject to hydrolysis) is 2. The number of nitrogens with zero attached hydrogens (tertiary/aromatic N) is 6. The number of fused-ring (bicyclic) bond motifs is 2. The number of aromatic nitrogens is 4. The molecule has 2 aliphatic rings. The molecule has 14 heteroatoms. The van der Waals surface area contributed by atoms with E-state index in [1.165, 1.54) is 0 Å². The average Bonchev–Trinajstić information content (AvgIpc) is 3.95. The van der Waals surface area contributed by atoms with Crippen molar-refractivity contribution in [1.82, 2.24) is 30.6 Å². The Labute approximate surface area is 378 Å². The van der Waals surface area contributed by atoms with Gasteiger partial charge >= 0.3 is 12.2 Å². The number of carbonyl (C=O) groups excluding carboxylic acids is 2. The van der Waals surface area contributed by atoms with Gasteiger partial charge in [-0.05, 0) is 113 Å². The molecule has 0 unspecified atom stereocenters. The van der Waals surface area contributed by atoms with E-state index in [-0.39, 0.29) is 30.2 Å². The minimum absolute atomic E-state index is 0.0288. The maximum absolute atomic E-state index is 12.3. The van der Waals surface area contributed by atoms with Crippen LogP contribution in [-0.2, 0) is 16.1 Å². The van der Waals surface area contributed by atoms with Crippen molar-refractivity contribution >= 4 is 45.6 Å². The van der Waals surface area contributed by atoms with Crippen LogP contribution in [0.3, 0.4) is 0 Å². The third-order valence-electron chi connectivity index (χ3n) is 11.2. The minimum atomic E-state index is -0.532. The van der Waals surface area contributed by atoms with Gasteiger partial charge in [0, 0.05) is 37.0 Å². The zero-order valence-corrected chi connectivity index (χ0v) is 37.3. The van der Waals surface area contributed by atoms with Crippen molar-refractivity contribution in [2.45, 2.75) is 71.8 Å². The van der Waals surface area contributed by atoms with E-state index >= 15 is 0 Å². The van der Waals surface area contributed by atoms with Crippen LogP contribution >= 0.6 is 0 Å².